The van der Waals surface area contributed by atoms with Gasteiger partial charge in [-0.05, 0) is 35.2 Å². The number of fused-ring (bicyclic) bond motifs is 1. The monoisotopic (exact) mass is 274 g/mol. The van der Waals surface area contributed by atoms with Gasteiger partial charge in [-0.25, -0.2) is 0 Å². The van der Waals surface area contributed by atoms with Crippen molar-refractivity contribution >= 4 is 27.3 Å². The van der Waals surface area contributed by atoms with Crippen LogP contribution in [0.15, 0.2) is 29.6 Å². The molecule has 0 unspecified atom stereocenters. The first kappa shape index (κ1) is 12.6. The fraction of sp³-hybridized carbons (Fsp3) is 0.400. The molecule has 3 nitrogen and oxygen atoms in total. The van der Waals surface area contributed by atoms with Gasteiger partial charge >= 0.3 is 0 Å². The summed E-state index contributed by atoms with van der Waals surface area (Å²) in [4.78, 5) is 11.4. The Morgan fingerprint density at radius 2 is 2.11 bits per heavy atom. The smallest absolute Gasteiger partial charge is 0.223 e. The lowest BCUT2D eigenvalue weighted by atomic mass is 10.2. The van der Waals surface area contributed by atoms with Crippen LogP contribution in [0.3, 0.4) is 0 Å². The van der Waals surface area contributed by atoms with Crippen LogP contribution in [0.25, 0.3) is 10.1 Å². The highest BCUT2D eigenvalue weighted by atomic mass is 32.1. The lowest BCUT2D eigenvalue weighted by Gasteiger charge is -2.06. The van der Waals surface area contributed by atoms with E-state index >= 15 is 0 Å². The summed E-state index contributed by atoms with van der Waals surface area (Å²) in [7, 11) is 0. The van der Waals surface area contributed by atoms with Gasteiger partial charge in [-0.1, -0.05) is 18.2 Å². The van der Waals surface area contributed by atoms with E-state index in [9.17, 15) is 4.79 Å². The fourth-order valence-corrected chi connectivity index (χ4v) is 3.12. The molecule has 1 aliphatic carbocycles. The number of rotatable bonds is 6. The lowest BCUT2D eigenvalue weighted by Crippen LogP contribution is -2.32. The first-order chi connectivity index (χ1) is 9.34. The molecule has 0 bridgehead atoms. The third kappa shape index (κ3) is 3.14. The number of hydrogen-bond acceptors (Lipinski definition) is 3. The van der Waals surface area contributed by atoms with E-state index in [1.165, 1.54) is 15.6 Å². The Morgan fingerprint density at radius 3 is 2.95 bits per heavy atom. The molecule has 19 heavy (non-hydrogen) atoms. The number of benzene rings is 1. The summed E-state index contributed by atoms with van der Waals surface area (Å²) >= 11 is 1.79. The van der Waals surface area contributed by atoms with Gasteiger partial charge in [0.25, 0.3) is 0 Å². The molecule has 1 fully saturated rings. The van der Waals surface area contributed by atoms with Crippen molar-refractivity contribution in [2.24, 2.45) is 5.92 Å². The molecule has 100 valence electrons. The number of hydrogen-bond donors (Lipinski definition) is 2. The molecule has 0 atom stereocenters. The fourth-order valence-electron chi connectivity index (χ4n) is 2.16. The molecule has 1 aliphatic rings. The Balaban J connectivity index is 1.43. The van der Waals surface area contributed by atoms with Crippen LogP contribution in [0.4, 0.5) is 0 Å². The van der Waals surface area contributed by atoms with Gasteiger partial charge in [0.2, 0.25) is 5.91 Å². The van der Waals surface area contributed by atoms with Gasteiger partial charge in [0.15, 0.2) is 0 Å². The van der Waals surface area contributed by atoms with Crippen molar-refractivity contribution in [2.45, 2.75) is 19.4 Å². The van der Waals surface area contributed by atoms with Crippen molar-refractivity contribution in [2.75, 3.05) is 13.1 Å². The molecule has 1 heterocycles. The third-order valence-corrected chi connectivity index (χ3v) is 4.44. The molecular weight excluding hydrogens is 256 g/mol. The van der Waals surface area contributed by atoms with Crippen LogP contribution >= 0.6 is 11.3 Å². The molecule has 1 amide bonds. The molecule has 0 aliphatic heterocycles. The predicted octanol–water partition coefficient (Wildman–Crippen LogP) is 2.52. The van der Waals surface area contributed by atoms with Crippen molar-refractivity contribution in [3.8, 4) is 0 Å². The van der Waals surface area contributed by atoms with Crippen molar-refractivity contribution in [3.05, 3.63) is 35.2 Å². The van der Waals surface area contributed by atoms with Gasteiger partial charge in [0, 0.05) is 30.3 Å². The van der Waals surface area contributed by atoms with E-state index in [2.05, 4.69) is 40.3 Å². The summed E-state index contributed by atoms with van der Waals surface area (Å²) in [6.45, 7) is 2.41. The highest BCUT2D eigenvalue weighted by Gasteiger charge is 2.28. The van der Waals surface area contributed by atoms with Crippen molar-refractivity contribution in [3.63, 3.8) is 0 Å². The van der Waals surface area contributed by atoms with E-state index < -0.39 is 0 Å². The summed E-state index contributed by atoms with van der Waals surface area (Å²) in [6, 6.07) is 8.47. The average Bonchev–Trinajstić information content (AvgIpc) is 3.21. The van der Waals surface area contributed by atoms with E-state index in [4.69, 9.17) is 0 Å². The second-order valence-electron chi connectivity index (χ2n) is 5.00. The van der Waals surface area contributed by atoms with E-state index in [1.807, 2.05) is 0 Å². The minimum Gasteiger partial charge on any atom is -0.355 e. The molecule has 2 aromatic rings. The lowest BCUT2D eigenvalue weighted by molar-refractivity contribution is -0.122. The zero-order valence-electron chi connectivity index (χ0n) is 10.8. The SMILES string of the molecule is O=C(NCCNCc1csc2ccccc12)C1CC1. The van der Waals surface area contributed by atoms with Crippen LogP contribution in [-0.2, 0) is 11.3 Å². The highest BCUT2D eigenvalue weighted by molar-refractivity contribution is 7.17. The number of amides is 1. The number of carbonyl (C=O) groups is 1. The molecule has 1 aromatic carbocycles. The second kappa shape index (κ2) is 5.72. The maximum absolute atomic E-state index is 11.4. The first-order valence-electron chi connectivity index (χ1n) is 6.78. The molecule has 2 N–H and O–H groups in total. The van der Waals surface area contributed by atoms with Gasteiger partial charge in [-0.15, -0.1) is 11.3 Å². The topological polar surface area (TPSA) is 41.1 Å². The Bertz CT molecular complexity index is 574. The van der Waals surface area contributed by atoms with Gasteiger partial charge in [0.1, 0.15) is 0 Å². The normalized spacial score (nSPS) is 14.7. The molecule has 3 rings (SSSR count). The zero-order valence-corrected chi connectivity index (χ0v) is 11.6. The summed E-state index contributed by atoms with van der Waals surface area (Å²) < 4.78 is 1.33. The van der Waals surface area contributed by atoms with E-state index in [1.54, 1.807) is 11.3 Å². The molecule has 0 saturated heterocycles. The first-order valence-corrected chi connectivity index (χ1v) is 7.66. The van der Waals surface area contributed by atoms with Crippen molar-refractivity contribution in [1.29, 1.82) is 0 Å². The van der Waals surface area contributed by atoms with Gasteiger partial charge < -0.3 is 10.6 Å². The Labute approximate surface area is 117 Å². The van der Waals surface area contributed by atoms with Crippen LogP contribution in [0, 0.1) is 5.92 Å². The Morgan fingerprint density at radius 1 is 1.26 bits per heavy atom. The van der Waals surface area contributed by atoms with Gasteiger partial charge in [-0.2, -0.15) is 0 Å². The van der Waals surface area contributed by atoms with Crippen LogP contribution in [0.1, 0.15) is 18.4 Å². The minimum atomic E-state index is 0.225. The number of nitrogens with one attached hydrogen (secondary N) is 2. The molecule has 0 radical (unpaired) electrons. The summed E-state index contributed by atoms with van der Waals surface area (Å²) in [6.07, 6.45) is 2.14. The molecular formula is C15H18N2OS. The summed E-state index contributed by atoms with van der Waals surface area (Å²) in [5, 5.41) is 9.89. The van der Waals surface area contributed by atoms with Crippen molar-refractivity contribution < 1.29 is 4.79 Å². The quantitative estimate of drug-likeness (QED) is 0.795. The predicted molar refractivity (Wildman–Crippen MR) is 79.3 cm³/mol. The summed E-state index contributed by atoms with van der Waals surface area (Å²) in [5.41, 5.74) is 1.34. The largest absolute Gasteiger partial charge is 0.355 e. The van der Waals surface area contributed by atoms with E-state index in [0.29, 0.717) is 5.92 Å². The summed E-state index contributed by atoms with van der Waals surface area (Å²) in [5.74, 6) is 0.531. The Kier molecular flexibility index (Phi) is 3.80. The van der Waals surface area contributed by atoms with Gasteiger partial charge in [0.05, 0.1) is 0 Å². The minimum absolute atomic E-state index is 0.225. The standard InChI is InChI=1S/C15H18N2OS/c18-15(11-5-6-11)17-8-7-16-9-12-10-19-14-4-2-1-3-13(12)14/h1-4,10-11,16H,5-9H2,(H,17,18). The second-order valence-corrected chi connectivity index (χ2v) is 5.91. The van der Waals surface area contributed by atoms with Crippen LogP contribution < -0.4 is 10.6 Å². The third-order valence-electron chi connectivity index (χ3n) is 3.43. The highest BCUT2D eigenvalue weighted by Crippen LogP contribution is 2.28. The number of carbonyl (C=O) groups excluding carboxylic acids is 1. The molecule has 0 spiro atoms. The average molecular weight is 274 g/mol. The molecule has 1 saturated carbocycles. The van der Waals surface area contributed by atoms with Crippen LogP contribution in [0.5, 0.6) is 0 Å². The van der Waals surface area contributed by atoms with E-state index in [0.717, 1.165) is 32.5 Å². The number of thiophene rings is 1. The van der Waals surface area contributed by atoms with Gasteiger partial charge in [-0.3, -0.25) is 4.79 Å². The maximum Gasteiger partial charge on any atom is 0.223 e. The molecule has 1 aromatic heterocycles. The Hall–Kier alpha value is -1.39. The van der Waals surface area contributed by atoms with E-state index in [-0.39, 0.29) is 5.91 Å². The molecule has 4 heteroatoms. The van der Waals surface area contributed by atoms with Crippen molar-refractivity contribution in [1.82, 2.24) is 10.6 Å². The maximum atomic E-state index is 11.4. The zero-order chi connectivity index (χ0) is 13.1. The van der Waals surface area contributed by atoms with Crippen LogP contribution in [0.2, 0.25) is 0 Å². The van der Waals surface area contributed by atoms with Crippen LogP contribution in [-0.4, -0.2) is 19.0 Å².